The van der Waals surface area contributed by atoms with Crippen molar-refractivity contribution in [3.05, 3.63) is 0 Å². The first kappa shape index (κ1) is 14.3. The van der Waals surface area contributed by atoms with E-state index in [1.807, 2.05) is 7.05 Å². The highest BCUT2D eigenvalue weighted by Crippen LogP contribution is 2.35. The zero-order chi connectivity index (χ0) is 13.3. The number of likely N-dealkylation sites (tertiary alicyclic amines) is 2. The van der Waals surface area contributed by atoms with Crippen LogP contribution in [0.3, 0.4) is 0 Å². The molecule has 2 fully saturated rings. The predicted molar refractivity (Wildman–Crippen MR) is 77.6 cm³/mol. The number of piperidine rings is 1. The standard InChI is InChI=1S/C15H31N3/c1-12(16-5)18-10-14(11-18)17-8-6-13(7-9-17)15(2,3)4/h12-14,16H,6-11H2,1-5H3. The highest BCUT2D eigenvalue weighted by atomic mass is 15.4. The molecule has 0 bridgehead atoms. The summed E-state index contributed by atoms with van der Waals surface area (Å²) in [6.45, 7) is 14.6. The van der Waals surface area contributed by atoms with Gasteiger partial charge in [0.1, 0.15) is 0 Å². The van der Waals surface area contributed by atoms with E-state index in [2.05, 4.69) is 42.8 Å². The van der Waals surface area contributed by atoms with E-state index in [0.717, 1.165) is 12.0 Å². The second-order valence-electron chi connectivity index (χ2n) is 7.25. The van der Waals surface area contributed by atoms with Gasteiger partial charge in [-0.25, -0.2) is 0 Å². The van der Waals surface area contributed by atoms with Gasteiger partial charge in [-0.3, -0.25) is 9.80 Å². The van der Waals surface area contributed by atoms with Gasteiger partial charge in [-0.05, 0) is 51.2 Å². The normalized spacial score (nSPS) is 27.2. The molecule has 18 heavy (non-hydrogen) atoms. The molecule has 1 atom stereocenters. The van der Waals surface area contributed by atoms with Crippen LogP contribution >= 0.6 is 0 Å². The second kappa shape index (κ2) is 5.48. The molecular weight excluding hydrogens is 222 g/mol. The molecule has 106 valence electrons. The van der Waals surface area contributed by atoms with E-state index >= 15 is 0 Å². The van der Waals surface area contributed by atoms with Crippen LogP contribution in [0.2, 0.25) is 0 Å². The van der Waals surface area contributed by atoms with Crippen molar-refractivity contribution in [3.63, 3.8) is 0 Å². The van der Waals surface area contributed by atoms with Gasteiger partial charge in [0.15, 0.2) is 0 Å². The summed E-state index contributed by atoms with van der Waals surface area (Å²) in [6.07, 6.45) is 3.32. The molecule has 1 N–H and O–H groups in total. The van der Waals surface area contributed by atoms with Gasteiger partial charge in [0.05, 0.1) is 6.17 Å². The van der Waals surface area contributed by atoms with E-state index in [9.17, 15) is 0 Å². The second-order valence-corrected chi connectivity index (χ2v) is 7.25. The molecule has 2 aliphatic heterocycles. The van der Waals surface area contributed by atoms with E-state index in [0.29, 0.717) is 11.6 Å². The van der Waals surface area contributed by atoms with Crippen LogP contribution in [0.25, 0.3) is 0 Å². The average Bonchev–Trinajstić information content (AvgIpc) is 2.26. The number of nitrogens with one attached hydrogen (secondary N) is 1. The summed E-state index contributed by atoms with van der Waals surface area (Å²) in [4.78, 5) is 5.25. The number of nitrogens with zero attached hydrogens (tertiary/aromatic N) is 2. The minimum absolute atomic E-state index is 0.498. The summed E-state index contributed by atoms with van der Waals surface area (Å²) in [7, 11) is 2.05. The van der Waals surface area contributed by atoms with Crippen LogP contribution in [0.15, 0.2) is 0 Å². The third-order valence-electron chi connectivity index (χ3n) is 5.13. The first-order valence-corrected chi connectivity index (χ1v) is 7.57. The third-order valence-corrected chi connectivity index (χ3v) is 5.13. The minimum Gasteiger partial charge on any atom is -0.305 e. The Kier molecular flexibility index (Phi) is 4.35. The highest BCUT2D eigenvalue weighted by molar-refractivity contribution is 4.92. The van der Waals surface area contributed by atoms with Gasteiger partial charge in [0.2, 0.25) is 0 Å². The number of hydrogen-bond donors (Lipinski definition) is 1. The third kappa shape index (κ3) is 3.06. The van der Waals surface area contributed by atoms with Crippen molar-refractivity contribution in [2.45, 2.75) is 52.7 Å². The number of rotatable bonds is 3. The van der Waals surface area contributed by atoms with E-state index < -0.39 is 0 Å². The SMILES string of the molecule is CNC(C)N1CC(N2CCC(C(C)(C)C)CC2)C1. The van der Waals surface area contributed by atoms with Gasteiger partial charge in [0.25, 0.3) is 0 Å². The monoisotopic (exact) mass is 253 g/mol. The molecule has 0 spiro atoms. The first-order chi connectivity index (χ1) is 8.41. The van der Waals surface area contributed by atoms with Gasteiger partial charge in [-0.2, -0.15) is 0 Å². The summed E-state index contributed by atoms with van der Waals surface area (Å²) >= 11 is 0. The maximum absolute atomic E-state index is 3.32. The molecule has 2 aliphatic rings. The summed E-state index contributed by atoms with van der Waals surface area (Å²) in [5.74, 6) is 0.918. The molecule has 0 amide bonds. The molecule has 2 rings (SSSR count). The van der Waals surface area contributed by atoms with Gasteiger partial charge in [-0.1, -0.05) is 20.8 Å². The summed E-state index contributed by atoms with van der Waals surface area (Å²) < 4.78 is 0. The Labute approximate surface area is 113 Å². The molecular formula is C15H31N3. The predicted octanol–water partition coefficient (Wildman–Crippen LogP) is 1.99. The summed E-state index contributed by atoms with van der Waals surface area (Å²) in [6, 6.07) is 0.821. The Balaban J connectivity index is 1.72. The molecule has 0 aromatic heterocycles. The highest BCUT2D eigenvalue weighted by Gasteiger charge is 2.37. The van der Waals surface area contributed by atoms with Crippen molar-refractivity contribution in [3.8, 4) is 0 Å². The van der Waals surface area contributed by atoms with Gasteiger partial charge in [-0.15, -0.1) is 0 Å². The van der Waals surface area contributed by atoms with Gasteiger partial charge in [0, 0.05) is 19.1 Å². The zero-order valence-corrected chi connectivity index (χ0v) is 12.9. The van der Waals surface area contributed by atoms with Crippen LogP contribution in [0.4, 0.5) is 0 Å². The van der Waals surface area contributed by atoms with Crippen LogP contribution < -0.4 is 5.32 Å². The topological polar surface area (TPSA) is 18.5 Å². The molecule has 0 aliphatic carbocycles. The smallest absolute Gasteiger partial charge is 0.0566 e. The molecule has 3 nitrogen and oxygen atoms in total. The lowest BCUT2D eigenvalue weighted by Gasteiger charge is -2.50. The van der Waals surface area contributed by atoms with Crippen molar-refractivity contribution in [2.24, 2.45) is 11.3 Å². The van der Waals surface area contributed by atoms with Crippen molar-refractivity contribution >= 4 is 0 Å². The summed E-state index contributed by atoms with van der Waals surface area (Å²) in [5, 5.41) is 3.32. The maximum atomic E-state index is 3.32. The van der Waals surface area contributed by atoms with Crippen LogP contribution in [0.5, 0.6) is 0 Å². The Morgan fingerprint density at radius 3 is 2.11 bits per heavy atom. The lowest BCUT2D eigenvalue weighted by molar-refractivity contribution is -0.0205. The van der Waals surface area contributed by atoms with Crippen molar-refractivity contribution in [1.29, 1.82) is 0 Å². The number of hydrogen-bond acceptors (Lipinski definition) is 3. The molecule has 0 aromatic rings. The van der Waals surface area contributed by atoms with Gasteiger partial charge < -0.3 is 5.32 Å². The Hall–Kier alpha value is -0.120. The van der Waals surface area contributed by atoms with Gasteiger partial charge >= 0.3 is 0 Å². The fourth-order valence-electron chi connectivity index (χ4n) is 3.35. The average molecular weight is 253 g/mol. The summed E-state index contributed by atoms with van der Waals surface area (Å²) in [5.41, 5.74) is 0.498. The minimum atomic E-state index is 0.498. The molecule has 3 heteroatoms. The molecule has 2 heterocycles. The van der Waals surface area contributed by atoms with Crippen LogP contribution in [-0.2, 0) is 0 Å². The Morgan fingerprint density at radius 2 is 1.67 bits per heavy atom. The molecule has 2 saturated heterocycles. The van der Waals surface area contributed by atoms with E-state index in [1.54, 1.807) is 0 Å². The quantitative estimate of drug-likeness (QED) is 0.830. The van der Waals surface area contributed by atoms with Crippen LogP contribution in [-0.4, -0.2) is 55.2 Å². The van der Waals surface area contributed by atoms with E-state index in [1.165, 1.54) is 39.0 Å². The van der Waals surface area contributed by atoms with Crippen molar-refractivity contribution in [1.82, 2.24) is 15.1 Å². The lowest BCUT2D eigenvalue weighted by Crippen LogP contribution is -2.64. The largest absolute Gasteiger partial charge is 0.305 e. The molecule has 0 aromatic carbocycles. The molecule has 0 saturated carbocycles. The maximum Gasteiger partial charge on any atom is 0.0566 e. The first-order valence-electron chi connectivity index (χ1n) is 7.57. The van der Waals surface area contributed by atoms with E-state index in [-0.39, 0.29) is 0 Å². The van der Waals surface area contributed by atoms with E-state index in [4.69, 9.17) is 0 Å². The van der Waals surface area contributed by atoms with Crippen LogP contribution in [0, 0.1) is 11.3 Å². The van der Waals surface area contributed by atoms with Crippen molar-refractivity contribution < 1.29 is 0 Å². The fraction of sp³-hybridized carbons (Fsp3) is 1.00. The molecule has 0 radical (unpaired) electrons. The Morgan fingerprint density at radius 1 is 1.11 bits per heavy atom. The fourth-order valence-corrected chi connectivity index (χ4v) is 3.35. The van der Waals surface area contributed by atoms with Crippen molar-refractivity contribution in [2.75, 3.05) is 33.2 Å². The van der Waals surface area contributed by atoms with Crippen LogP contribution in [0.1, 0.15) is 40.5 Å². The lowest BCUT2D eigenvalue weighted by atomic mass is 9.75. The Bertz CT molecular complexity index is 257. The zero-order valence-electron chi connectivity index (χ0n) is 12.9. The molecule has 1 unspecified atom stereocenters.